The highest BCUT2D eigenvalue weighted by atomic mass is 16.5. The first-order valence-electron chi connectivity index (χ1n) is 3.82. The van der Waals surface area contributed by atoms with Crippen LogP contribution in [0.3, 0.4) is 0 Å². The molecule has 0 aliphatic carbocycles. The van der Waals surface area contributed by atoms with Crippen LogP contribution < -0.4 is 0 Å². The minimum atomic E-state index is -0.476. The number of rotatable bonds is 4. The second-order valence-corrected chi connectivity index (χ2v) is 2.38. The van der Waals surface area contributed by atoms with Crippen LogP contribution in [0.25, 0.3) is 0 Å². The van der Waals surface area contributed by atoms with E-state index in [0.717, 1.165) is 31.3 Å². The summed E-state index contributed by atoms with van der Waals surface area (Å²) < 4.78 is 0. The Morgan fingerprint density at radius 1 is 1.20 bits per heavy atom. The SMILES string of the molecule is CCCCC(CC)=C(O)O. The lowest BCUT2D eigenvalue weighted by atomic mass is 10.1. The third-order valence-corrected chi connectivity index (χ3v) is 1.58. The minimum Gasteiger partial charge on any atom is -0.481 e. The van der Waals surface area contributed by atoms with Gasteiger partial charge in [0.15, 0.2) is 0 Å². The summed E-state index contributed by atoms with van der Waals surface area (Å²) in [6, 6.07) is 0. The Kier molecular flexibility index (Phi) is 4.81. The van der Waals surface area contributed by atoms with Crippen molar-refractivity contribution in [2.45, 2.75) is 39.5 Å². The zero-order chi connectivity index (χ0) is 7.98. The molecule has 2 nitrogen and oxygen atoms in total. The molecule has 0 atom stereocenters. The van der Waals surface area contributed by atoms with Crippen LogP contribution in [0, 0.1) is 0 Å². The molecule has 0 saturated heterocycles. The van der Waals surface area contributed by atoms with Crippen LogP contribution >= 0.6 is 0 Å². The highest BCUT2D eigenvalue weighted by molar-refractivity contribution is 5.00. The van der Waals surface area contributed by atoms with Crippen molar-refractivity contribution >= 4 is 0 Å². The fourth-order valence-corrected chi connectivity index (χ4v) is 0.837. The topological polar surface area (TPSA) is 40.5 Å². The first-order chi connectivity index (χ1) is 4.72. The predicted molar refractivity (Wildman–Crippen MR) is 42.1 cm³/mol. The molecule has 0 bridgehead atoms. The zero-order valence-electron chi connectivity index (χ0n) is 6.72. The van der Waals surface area contributed by atoms with Gasteiger partial charge in [-0.1, -0.05) is 20.3 Å². The fourth-order valence-electron chi connectivity index (χ4n) is 0.837. The lowest BCUT2D eigenvalue weighted by molar-refractivity contribution is 0.182. The van der Waals surface area contributed by atoms with Crippen LogP contribution in [0.4, 0.5) is 0 Å². The summed E-state index contributed by atoms with van der Waals surface area (Å²) >= 11 is 0. The Balaban J connectivity index is 3.73. The second-order valence-electron chi connectivity index (χ2n) is 2.38. The molecular weight excluding hydrogens is 128 g/mol. The molecule has 0 fully saturated rings. The average Bonchev–Trinajstić information content (AvgIpc) is 1.89. The molecule has 0 aromatic heterocycles. The number of allylic oxidation sites excluding steroid dienone is 1. The maximum Gasteiger partial charge on any atom is 0.273 e. The van der Waals surface area contributed by atoms with E-state index in [4.69, 9.17) is 10.2 Å². The van der Waals surface area contributed by atoms with Gasteiger partial charge >= 0.3 is 0 Å². The van der Waals surface area contributed by atoms with Crippen molar-refractivity contribution in [2.75, 3.05) is 0 Å². The van der Waals surface area contributed by atoms with Gasteiger partial charge < -0.3 is 10.2 Å². The molecule has 0 aromatic carbocycles. The normalized spacial score (nSPS) is 9.40. The quantitative estimate of drug-likeness (QED) is 0.595. The van der Waals surface area contributed by atoms with E-state index in [0.29, 0.717) is 0 Å². The summed E-state index contributed by atoms with van der Waals surface area (Å²) in [5, 5.41) is 17.3. The molecule has 0 aliphatic rings. The smallest absolute Gasteiger partial charge is 0.273 e. The lowest BCUT2D eigenvalue weighted by Crippen LogP contribution is -1.89. The van der Waals surface area contributed by atoms with Crippen molar-refractivity contribution < 1.29 is 10.2 Å². The Morgan fingerprint density at radius 2 is 1.80 bits per heavy atom. The van der Waals surface area contributed by atoms with Crippen LogP contribution in [0.2, 0.25) is 0 Å². The van der Waals surface area contributed by atoms with E-state index in [1.54, 1.807) is 0 Å². The van der Waals surface area contributed by atoms with Gasteiger partial charge in [-0.15, -0.1) is 0 Å². The number of aliphatic hydroxyl groups is 2. The van der Waals surface area contributed by atoms with Crippen LogP contribution in [0.15, 0.2) is 11.5 Å². The Morgan fingerprint density at radius 3 is 2.10 bits per heavy atom. The van der Waals surface area contributed by atoms with E-state index in [9.17, 15) is 0 Å². The fraction of sp³-hybridized carbons (Fsp3) is 0.750. The van der Waals surface area contributed by atoms with E-state index >= 15 is 0 Å². The van der Waals surface area contributed by atoms with Gasteiger partial charge in [0, 0.05) is 5.57 Å². The zero-order valence-corrected chi connectivity index (χ0v) is 6.72. The summed E-state index contributed by atoms with van der Waals surface area (Å²) in [7, 11) is 0. The molecule has 2 N–H and O–H groups in total. The van der Waals surface area contributed by atoms with Gasteiger partial charge in [-0.2, -0.15) is 0 Å². The van der Waals surface area contributed by atoms with Gasteiger partial charge in [-0.3, -0.25) is 0 Å². The van der Waals surface area contributed by atoms with Gasteiger partial charge in [-0.05, 0) is 19.3 Å². The number of hydrogen-bond acceptors (Lipinski definition) is 2. The Bertz CT molecular complexity index is 112. The summed E-state index contributed by atoms with van der Waals surface area (Å²) in [5.74, 6) is -0.476. The molecular formula is C8H16O2. The molecule has 0 aliphatic heterocycles. The van der Waals surface area contributed by atoms with E-state index in [2.05, 4.69) is 6.92 Å². The molecule has 0 saturated carbocycles. The van der Waals surface area contributed by atoms with Crippen molar-refractivity contribution in [3.63, 3.8) is 0 Å². The first kappa shape index (κ1) is 9.34. The molecule has 2 heteroatoms. The maximum absolute atomic E-state index is 8.67. The van der Waals surface area contributed by atoms with Crippen LogP contribution in [-0.4, -0.2) is 10.2 Å². The van der Waals surface area contributed by atoms with E-state index in [-0.39, 0.29) is 0 Å². The van der Waals surface area contributed by atoms with Crippen molar-refractivity contribution in [2.24, 2.45) is 0 Å². The van der Waals surface area contributed by atoms with Crippen molar-refractivity contribution in [3.05, 3.63) is 11.5 Å². The highest BCUT2D eigenvalue weighted by Crippen LogP contribution is 2.12. The third-order valence-electron chi connectivity index (χ3n) is 1.58. The maximum atomic E-state index is 8.67. The van der Waals surface area contributed by atoms with Crippen molar-refractivity contribution in [1.82, 2.24) is 0 Å². The minimum absolute atomic E-state index is 0.476. The molecule has 0 amide bonds. The largest absolute Gasteiger partial charge is 0.481 e. The first-order valence-corrected chi connectivity index (χ1v) is 3.82. The standard InChI is InChI=1S/C8H16O2/c1-3-5-6-7(4-2)8(9)10/h9-10H,3-6H2,1-2H3. The van der Waals surface area contributed by atoms with Crippen molar-refractivity contribution in [1.29, 1.82) is 0 Å². The van der Waals surface area contributed by atoms with Gasteiger partial charge in [0.05, 0.1) is 0 Å². The Labute approximate surface area is 62.2 Å². The molecule has 0 heterocycles. The molecule has 0 aromatic rings. The van der Waals surface area contributed by atoms with Gasteiger partial charge in [0.1, 0.15) is 0 Å². The van der Waals surface area contributed by atoms with E-state index in [1.165, 1.54) is 0 Å². The number of unbranched alkanes of at least 4 members (excludes halogenated alkanes) is 1. The summed E-state index contributed by atoms with van der Waals surface area (Å²) in [6.07, 6.45) is 3.68. The highest BCUT2D eigenvalue weighted by Gasteiger charge is 1.99. The molecule has 0 radical (unpaired) electrons. The summed E-state index contributed by atoms with van der Waals surface area (Å²) in [6.45, 7) is 4.01. The van der Waals surface area contributed by atoms with Crippen molar-refractivity contribution in [3.8, 4) is 0 Å². The number of aliphatic hydroxyl groups excluding tert-OH is 1. The third kappa shape index (κ3) is 3.38. The molecule has 0 unspecified atom stereocenters. The second kappa shape index (κ2) is 5.15. The van der Waals surface area contributed by atoms with Crippen LogP contribution in [-0.2, 0) is 0 Å². The molecule has 0 spiro atoms. The summed E-state index contributed by atoms with van der Waals surface area (Å²) in [5.41, 5.74) is 0.766. The van der Waals surface area contributed by atoms with Crippen LogP contribution in [0.1, 0.15) is 39.5 Å². The van der Waals surface area contributed by atoms with Crippen LogP contribution in [0.5, 0.6) is 0 Å². The lowest BCUT2D eigenvalue weighted by Gasteiger charge is -2.01. The van der Waals surface area contributed by atoms with Gasteiger partial charge in [0.25, 0.3) is 5.95 Å². The van der Waals surface area contributed by atoms with Gasteiger partial charge in [-0.25, -0.2) is 0 Å². The van der Waals surface area contributed by atoms with E-state index < -0.39 is 5.95 Å². The van der Waals surface area contributed by atoms with Gasteiger partial charge in [0.2, 0.25) is 0 Å². The monoisotopic (exact) mass is 144 g/mol. The number of hydrogen-bond donors (Lipinski definition) is 2. The Hall–Kier alpha value is -0.660. The molecule has 0 rings (SSSR count). The average molecular weight is 144 g/mol. The molecule has 60 valence electrons. The predicted octanol–water partition coefficient (Wildman–Crippen LogP) is 2.91. The summed E-state index contributed by atoms with van der Waals surface area (Å²) in [4.78, 5) is 0. The van der Waals surface area contributed by atoms with E-state index in [1.807, 2.05) is 6.92 Å². The molecule has 10 heavy (non-hydrogen) atoms.